The number of para-hydroxylation sites is 2. The number of fused-ring (bicyclic) bond motifs is 9. The van der Waals surface area contributed by atoms with Gasteiger partial charge in [0, 0.05) is 38.9 Å². The van der Waals surface area contributed by atoms with Gasteiger partial charge in [0.25, 0.3) is 0 Å². The van der Waals surface area contributed by atoms with Crippen LogP contribution >= 0.6 is 0 Å². The van der Waals surface area contributed by atoms with Gasteiger partial charge in [-0.3, -0.25) is 0 Å². The van der Waals surface area contributed by atoms with Crippen LogP contribution in [0.1, 0.15) is 0 Å². The summed E-state index contributed by atoms with van der Waals surface area (Å²) in [5.41, 5.74) is 13.3. The molecule has 0 atom stereocenters. The zero-order valence-electron chi connectivity index (χ0n) is 29.8. The maximum absolute atomic E-state index is 6.95. The van der Waals surface area contributed by atoms with Crippen molar-refractivity contribution in [2.24, 2.45) is 0 Å². The van der Waals surface area contributed by atoms with Crippen LogP contribution in [-0.2, 0) is 0 Å². The first-order valence-electron chi connectivity index (χ1n) is 18.7. The highest BCUT2D eigenvalue weighted by Crippen LogP contribution is 2.50. The molecule has 0 amide bonds. The van der Waals surface area contributed by atoms with E-state index in [0.29, 0.717) is 0 Å². The van der Waals surface area contributed by atoms with Crippen molar-refractivity contribution in [1.29, 1.82) is 0 Å². The lowest BCUT2D eigenvalue weighted by molar-refractivity contribution is 0.663. The van der Waals surface area contributed by atoms with Crippen molar-refractivity contribution in [1.82, 2.24) is 0 Å². The number of nitrogens with zero attached hydrogens (tertiary/aromatic N) is 1. The van der Waals surface area contributed by atoms with Gasteiger partial charge in [0.2, 0.25) is 0 Å². The maximum atomic E-state index is 6.95. The molecule has 0 spiro atoms. The second kappa shape index (κ2) is 12.6. The molecule has 0 saturated heterocycles. The molecule has 3 heteroatoms. The predicted molar refractivity (Wildman–Crippen MR) is 229 cm³/mol. The zero-order chi connectivity index (χ0) is 36.3. The van der Waals surface area contributed by atoms with Crippen LogP contribution in [-0.4, -0.2) is 0 Å². The van der Waals surface area contributed by atoms with E-state index in [9.17, 15) is 0 Å². The lowest BCUT2D eigenvalue weighted by Gasteiger charge is -2.28. The highest BCUT2D eigenvalue weighted by molar-refractivity contribution is 6.32. The van der Waals surface area contributed by atoms with Crippen molar-refractivity contribution in [2.45, 2.75) is 0 Å². The molecule has 55 heavy (non-hydrogen) atoms. The molecule has 0 radical (unpaired) electrons. The number of anilines is 3. The number of rotatable bonds is 6. The lowest BCUT2D eigenvalue weighted by atomic mass is 9.98. The molecular formula is C52H33NO2. The molecule has 0 bridgehead atoms. The topological polar surface area (TPSA) is 29.5 Å². The van der Waals surface area contributed by atoms with E-state index in [1.54, 1.807) is 0 Å². The Morgan fingerprint density at radius 1 is 0.327 bits per heavy atom. The van der Waals surface area contributed by atoms with E-state index in [2.05, 4.69) is 199 Å². The third-order valence-corrected chi connectivity index (χ3v) is 10.9. The molecule has 0 aliphatic carbocycles. The van der Waals surface area contributed by atoms with Crippen LogP contribution in [0.25, 0.3) is 88.0 Å². The Bertz CT molecular complexity index is 3180. The Hall–Kier alpha value is -7.36. The molecule has 0 fully saturated rings. The SMILES string of the molecule is c1ccc(-c2ccc(-c3ccc(N(c4ccccc4-c4ccccc4)c4cc5oc6ccc7ccccc7c6c5c5c4oc4ccccc45)cc3)cc2)cc1. The first-order chi connectivity index (χ1) is 27.3. The second-order valence-electron chi connectivity index (χ2n) is 14.0. The Morgan fingerprint density at radius 3 is 1.65 bits per heavy atom. The van der Waals surface area contributed by atoms with Crippen LogP contribution in [0.3, 0.4) is 0 Å². The maximum Gasteiger partial charge on any atom is 0.160 e. The van der Waals surface area contributed by atoms with Crippen LogP contribution in [0.4, 0.5) is 17.1 Å². The van der Waals surface area contributed by atoms with Crippen LogP contribution in [0, 0.1) is 0 Å². The zero-order valence-corrected chi connectivity index (χ0v) is 29.8. The van der Waals surface area contributed by atoms with Crippen LogP contribution in [0.5, 0.6) is 0 Å². The van der Waals surface area contributed by atoms with Crippen LogP contribution < -0.4 is 4.90 Å². The van der Waals surface area contributed by atoms with Gasteiger partial charge >= 0.3 is 0 Å². The number of hydrogen-bond acceptors (Lipinski definition) is 3. The molecule has 3 nitrogen and oxygen atoms in total. The summed E-state index contributed by atoms with van der Waals surface area (Å²) < 4.78 is 13.8. The van der Waals surface area contributed by atoms with E-state index in [-0.39, 0.29) is 0 Å². The minimum Gasteiger partial charge on any atom is -0.456 e. The van der Waals surface area contributed by atoms with Gasteiger partial charge in [-0.1, -0.05) is 164 Å². The molecule has 2 heterocycles. The Labute approximate surface area is 317 Å². The van der Waals surface area contributed by atoms with E-state index >= 15 is 0 Å². The molecule has 0 aliphatic rings. The summed E-state index contributed by atoms with van der Waals surface area (Å²) in [5, 5.41) is 6.63. The highest BCUT2D eigenvalue weighted by Gasteiger charge is 2.26. The normalized spacial score (nSPS) is 11.6. The van der Waals surface area contributed by atoms with E-state index in [1.807, 2.05) is 6.07 Å². The first kappa shape index (κ1) is 31.2. The Kier molecular flexibility index (Phi) is 7.17. The quantitative estimate of drug-likeness (QED) is 0.173. The van der Waals surface area contributed by atoms with Gasteiger partial charge in [-0.15, -0.1) is 0 Å². The minimum absolute atomic E-state index is 0.813. The van der Waals surface area contributed by atoms with E-state index in [4.69, 9.17) is 8.83 Å². The van der Waals surface area contributed by atoms with Crippen molar-refractivity contribution in [3.05, 3.63) is 200 Å². The molecule has 0 saturated carbocycles. The molecule has 9 aromatic carbocycles. The van der Waals surface area contributed by atoms with E-state index < -0.39 is 0 Å². The van der Waals surface area contributed by atoms with Gasteiger partial charge in [-0.2, -0.15) is 0 Å². The van der Waals surface area contributed by atoms with Crippen LogP contribution in [0.2, 0.25) is 0 Å². The minimum atomic E-state index is 0.813. The molecule has 2 aromatic heterocycles. The van der Waals surface area contributed by atoms with Crippen LogP contribution in [0.15, 0.2) is 209 Å². The van der Waals surface area contributed by atoms with Gasteiger partial charge in [-0.05, 0) is 68.9 Å². The molecule has 0 unspecified atom stereocenters. The predicted octanol–water partition coefficient (Wildman–Crippen LogP) is 15.1. The van der Waals surface area contributed by atoms with E-state index in [1.165, 1.54) is 16.5 Å². The molecule has 11 rings (SSSR count). The molecule has 11 aromatic rings. The van der Waals surface area contributed by atoms with Gasteiger partial charge in [0.15, 0.2) is 5.58 Å². The number of furan rings is 2. The summed E-state index contributed by atoms with van der Waals surface area (Å²) in [7, 11) is 0. The number of hydrogen-bond donors (Lipinski definition) is 0. The standard InChI is InChI=1S/C52H33NO2/c1-3-13-34(14-4-1)35-23-25-36(26-24-35)37-27-30-40(31-28-37)53(44-21-11-9-18-41(44)38-15-5-2-6-16-38)45-33-48-51(50-43-20-10-12-22-46(43)55-52(45)50)49-42-19-8-7-17-39(42)29-32-47(49)54-48/h1-33H. The van der Waals surface area contributed by atoms with Crippen molar-refractivity contribution in [3.8, 4) is 33.4 Å². The third kappa shape index (κ3) is 5.13. The fourth-order valence-corrected chi connectivity index (χ4v) is 8.29. The Balaban J connectivity index is 1.16. The fraction of sp³-hybridized carbons (Fsp3) is 0. The van der Waals surface area contributed by atoms with Gasteiger partial charge in [0.05, 0.1) is 11.4 Å². The molecule has 258 valence electrons. The second-order valence-corrected chi connectivity index (χ2v) is 14.0. The summed E-state index contributed by atoms with van der Waals surface area (Å²) in [5.74, 6) is 0. The average Bonchev–Trinajstić information content (AvgIpc) is 3.84. The summed E-state index contributed by atoms with van der Waals surface area (Å²) in [4.78, 5) is 2.33. The van der Waals surface area contributed by atoms with Crippen molar-refractivity contribution >= 4 is 71.7 Å². The average molecular weight is 704 g/mol. The Morgan fingerprint density at radius 2 is 0.909 bits per heavy atom. The number of benzene rings is 9. The largest absolute Gasteiger partial charge is 0.456 e. The van der Waals surface area contributed by atoms with Crippen molar-refractivity contribution in [2.75, 3.05) is 4.90 Å². The summed E-state index contributed by atoms with van der Waals surface area (Å²) in [6.07, 6.45) is 0. The summed E-state index contributed by atoms with van der Waals surface area (Å²) >= 11 is 0. The first-order valence-corrected chi connectivity index (χ1v) is 18.7. The smallest absolute Gasteiger partial charge is 0.160 e. The van der Waals surface area contributed by atoms with Crippen molar-refractivity contribution in [3.63, 3.8) is 0 Å². The molecular weight excluding hydrogens is 671 g/mol. The van der Waals surface area contributed by atoms with Gasteiger partial charge in [-0.25, -0.2) is 0 Å². The summed E-state index contributed by atoms with van der Waals surface area (Å²) in [6, 6.07) is 70.7. The van der Waals surface area contributed by atoms with Gasteiger partial charge < -0.3 is 13.7 Å². The monoisotopic (exact) mass is 703 g/mol. The van der Waals surface area contributed by atoms with Gasteiger partial charge in [0.1, 0.15) is 16.7 Å². The lowest BCUT2D eigenvalue weighted by Crippen LogP contribution is -2.11. The molecule has 0 N–H and O–H groups in total. The van der Waals surface area contributed by atoms with Crippen molar-refractivity contribution < 1.29 is 8.83 Å². The highest BCUT2D eigenvalue weighted by atomic mass is 16.3. The summed E-state index contributed by atoms with van der Waals surface area (Å²) in [6.45, 7) is 0. The van der Waals surface area contributed by atoms with E-state index in [0.717, 1.165) is 88.6 Å². The fourth-order valence-electron chi connectivity index (χ4n) is 8.29. The third-order valence-electron chi connectivity index (χ3n) is 10.9. The molecule has 0 aliphatic heterocycles.